The Morgan fingerprint density at radius 1 is 1.13 bits per heavy atom. The minimum Gasteiger partial charge on any atom is -0.378 e. The Kier molecular flexibility index (Phi) is 5.21. The second-order valence-corrected chi connectivity index (χ2v) is 7.17. The second-order valence-electron chi connectivity index (χ2n) is 7.17. The maximum atomic E-state index is 12.5. The molecule has 1 aliphatic carbocycles. The number of benzene rings is 1. The van der Waals surface area contributed by atoms with Gasteiger partial charge >= 0.3 is 0 Å². The van der Waals surface area contributed by atoms with Gasteiger partial charge in [-0.25, -0.2) is 0 Å². The Hall–Kier alpha value is -1.55. The van der Waals surface area contributed by atoms with Crippen molar-refractivity contribution >= 4 is 11.6 Å². The zero-order valence-corrected chi connectivity index (χ0v) is 14.4. The van der Waals surface area contributed by atoms with Gasteiger partial charge < -0.3 is 15.1 Å². The summed E-state index contributed by atoms with van der Waals surface area (Å²) in [7, 11) is 3.99. The first kappa shape index (κ1) is 16.3. The van der Waals surface area contributed by atoms with Crippen molar-refractivity contribution in [3.63, 3.8) is 0 Å². The van der Waals surface area contributed by atoms with Gasteiger partial charge in [0.25, 0.3) is 5.91 Å². The van der Waals surface area contributed by atoms with Crippen molar-refractivity contribution in [1.29, 1.82) is 0 Å². The van der Waals surface area contributed by atoms with Crippen LogP contribution in [0.4, 0.5) is 5.69 Å². The summed E-state index contributed by atoms with van der Waals surface area (Å²) in [5, 5.41) is 3.23. The molecule has 23 heavy (non-hydrogen) atoms. The molecule has 1 aromatic carbocycles. The molecule has 4 heteroatoms. The number of likely N-dealkylation sites (tertiary alicyclic amines) is 1. The van der Waals surface area contributed by atoms with Crippen molar-refractivity contribution in [2.24, 2.45) is 0 Å². The molecule has 2 aliphatic rings. The maximum absolute atomic E-state index is 12.5. The lowest BCUT2D eigenvalue weighted by Gasteiger charge is -2.36. The van der Waals surface area contributed by atoms with Crippen LogP contribution < -0.4 is 10.2 Å². The number of carbonyl (C=O) groups is 1. The first-order valence-electron chi connectivity index (χ1n) is 8.96. The molecule has 0 radical (unpaired) electrons. The van der Waals surface area contributed by atoms with Gasteiger partial charge in [0.2, 0.25) is 0 Å². The van der Waals surface area contributed by atoms with Crippen LogP contribution in [0.3, 0.4) is 0 Å². The van der Waals surface area contributed by atoms with Gasteiger partial charge in [-0.15, -0.1) is 0 Å². The lowest BCUT2D eigenvalue weighted by Crippen LogP contribution is -2.47. The molecular weight excluding hydrogens is 286 g/mol. The molecule has 0 spiro atoms. The molecule has 2 fully saturated rings. The molecule has 1 N–H and O–H groups in total. The third-order valence-corrected chi connectivity index (χ3v) is 5.33. The summed E-state index contributed by atoms with van der Waals surface area (Å²) in [5.41, 5.74) is 1.82. The van der Waals surface area contributed by atoms with Crippen LogP contribution in [0, 0.1) is 0 Å². The molecule has 0 atom stereocenters. The molecule has 3 rings (SSSR count). The van der Waals surface area contributed by atoms with Gasteiger partial charge in [-0.2, -0.15) is 0 Å². The van der Waals surface area contributed by atoms with Crippen molar-refractivity contribution in [3.05, 3.63) is 29.8 Å². The van der Waals surface area contributed by atoms with E-state index in [-0.39, 0.29) is 5.91 Å². The lowest BCUT2D eigenvalue weighted by atomic mass is 10.0. The van der Waals surface area contributed by atoms with E-state index >= 15 is 0 Å². The summed E-state index contributed by atoms with van der Waals surface area (Å²) in [6, 6.07) is 8.97. The molecule has 0 unspecified atom stereocenters. The number of nitrogens with one attached hydrogen (secondary N) is 1. The van der Waals surface area contributed by atoms with E-state index in [0.29, 0.717) is 6.04 Å². The Bertz CT molecular complexity index is 529. The molecule has 1 amide bonds. The Morgan fingerprint density at radius 3 is 2.48 bits per heavy atom. The number of anilines is 1. The van der Waals surface area contributed by atoms with Crippen molar-refractivity contribution in [2.75, 3.05) is 32.1 Å². The summed E-state index contributed by atoms with van der Waals surface area (Å²) in [6.45, 7) is 2.26. The Balaban J connectivity index is 1.52. The molecule has 1 saturated carbocycles. The topological polar surface area (TPSA) is 35.6 Å². The summed E-state index contributed by atoms with van der Waals surface area (Å²) in [4.78, 5) is 17.1. The van der Waals surface area contributed by atoms with Crippen LogP contribution in [-0.2, 0) is 0 Å². The number of amides is 1. The monoisotopic (exact) mass is 315 g/mol. The summed E-state index contributed by atoms with van der Waals surface area (Å²) in [5.74, 6) is 0.0630. The molecule has 1 saturated heterocycles. The Labute approximate surface area is 139 Å². The van der Waals surface area contributed by atoms with E-state index in [4.69, 9.17) is 0 Å². The number of hydrogen-bond acceptors (Lipinski definition) is 3. The number of nitrogens with zero attached hydrogens (tertiary/aromatic N) is 2. The van der Waals surface area contributed by atoms with Crippen molar-refractivity contribution in [3.8, 4) is 0 Å². The Morgan fingerprint density at radius 2 is 1.83 bits per heavy atom. The smallest absolute Gasteiger partial charge is 0.251 e. The van der Waals surface area contributed by atoms with Crippen LogP contribution in [0.25, 0.3) is 0 Å². The van der Waals surface area contributed by atoms with E-state index in [1.165, 1.54) is 25.7 Å². The second kappa shape index (κ2) is 7.35. The molecular formula is C19H29N3O. The molecule has 1 heterocycles. The van der Waals surface area contributed by atoms with Gasteiger partial charge in [-0.3, -0.25) is 4.79 Å². The number of piperidine rings is 1. The SMILES string of the molecule is CN(C)c1cccc(C(=O)NC2CCN(C3CCCC3)CC2)c1. The summed E-state index contributed by atoms with van der Waals surface area (Å²) >= 11 is 0. The average molecular weight is 315 g/mol. The van der Waals surface area contributed by atoms with Crippen LogP contribution in [0.1, 0.15) is 48.9 Å². The number of hydrogen-bond donors (Lipinski definition) is 1. The lowest BCUT2D eigenvalue weighted by molar-refractivity contribution is 0.0892. The van der Waals surface area contributed by atoms with Gasteiger partial charge in [0, 0.05) is 50.5 Å². The third kappa shape index (κ3) is 4.05. The van der Waals surface area contributed by atoms with Crippen LogP contribution in [0.15, 0.2) is 24.3 Å². The van der Waals surface area contributed by atoms with Crippen LogP contribution in [0.2, 0.25) is 0 Å². The molecule has 1 aromatic rings. The summed E-state index contributed by atoms with van der Waals surface area (Å²) < 4.78 is 0. The molecule has 1 aliphatic heterocycles. The first-order chi connectivity index (χ1) is 11.1. The van der Waals surface area contributed by atoms with E-state index in [9.17, 15) is 4.79 Å². The predicted octanol–water partition coefficient (Wildman–Crippen LogP) is 2.89. The van der Waals surface area contributed by atoms with Gasteiger partial charge in [0.05, 0.1) is 0 Å². The largest absolute Gasteiger partial charge is 0.378 e. The van der Waals surface area contributed by atoms with Gasteiger partial charge in [-0.1, -0.05) is 18.9 Å². The average Bonchev–Trinajstić information content (AvgIpc) is 3.10. The highest BCUT2D eigenvalue weighted by Gasteiger charge is 2.27. The van der Waals surface area contributed by atoms with Gasteiger partial charge in [-0.05, 0) is 43.9 Å². The van der Waals surface area contributed by atoms with E-state index < -0.39 is 0 Å². The standard InChI is InChI=1S/C19H29N3O/c1-21(2)18-9-5-6-15(14-18)19(23)20-16-10-12-22(13-11-16)17-7-3-4-8-17/h5-6,9,14,16-17H,3-4,7-8,10-13H2,1-2H3,(H,20,23). The molecule has 4 nitrogen and oxygen atoms in total. The van der Waals surface area contributed by atoms with E-state index in [1.807, 2.05) is 43.3 Å². The quantitative estimate of drug-likeness (QED) is 0.928. The maximum Gasteiger partial charge on any atom is 0.251 e. The fraction of sp³-hybridized carbons (Fsp3) is 0.632. The van der Waals surface area contributed by atoms with E-state index in [2.05, 4.69) is 10.2 Å². The highest BCUT2D eigenvalue weighted by molar-refractivity contribution is 5.95. The molecule has 0 bridgehead atoms. The predicted molar refractivity (Wildman–Crippen MR) is 95.1 cm³/mol. The summed E-state index contributed by atoms with van der Waals surface area (Å²) in [6.07, 6.45) is 7.68. The number of rotatable bonds is 4. The van der Waals surface area contributed by atoms with Crippen molar-refractivity contribution in [1.82, 2.24) is 10.2 Å². The van der Waals surface area contributed by atoms with Gasteiger partial charge in [0.15, 0.2) is 0 Å². The fourth-order valence-electron chi connectivity index (χ4n) is 3.87. The van der Waals surface area contributed by atoms with Gasteiger partial charge in [0.1, 0.15) is 0 Å². The molecule has 126 valence electrons. The third-order valence-electron chi connectivity index (χ3n) is 5.33. The zero-order chi connectivity index (χ0) is 16.2. The minimum atomic E-state index is 0.0630. The first-order valence-corrected chi connectivity index (χ1v) is 8.96. The highest BCUT2D eigenvalue weighted by atomic mass is 16.1. The van der Waals surface area contributed by atoms with Crippen LogP contribution in [-0.4, -0.2) is 50.1 Å². The molecule has 0 aromatic heterocycles. The normalized spacial score (nSPS) is 20.6. The highest BCUT2D eigenvalue weighted by Crippen LogP contribution is 2.26. The number of carbonyl (C=O) groups excluding carboxylic acids is 1. The minimum absolute atomic E-state index is 0.0630. The van der Waals surface area contributed by atoms with Crippen molar-refractivity contribution in [2.45, 2.75) is 50.6 Å². The van der Waals surface area contributed by atoms with Crippen molar-refractivity contribution < 1.29 is 4.79 Å². The van der Waals surface area contributed by atoms with Crippen LogP contribution in [0.5, 0.6) is 0 Å². The zero-order valence-electron chi connectivity index (χ0n) is 14.4. The van der Waals surface area contributed by atoms with Crippen LogP contribution >= 0.6 is 0 Å². The fourth-order valence-corrected chi connectivity index (χ4v) is 3.87. The van der Waals surface area contributed by atoms with E-state index in [1.54, 1.807) is 0 Å². The van der Waals surface area contributed by atoms with E-state index in [0.717, 1.165) is 43.2 Å².